The highest BCUT2D eigenvalue weighted by molar-refractivity contribution is 7.92. The number of sulfonamides is 2. The van der Waals surface area contributed by atoms with Crippen molar-refractivity contribution in [2.24, 2.45) is 0 Å². The van der Waals surface area contributed by atoms with Crippen molar-refractivity contribution in [1.29, 1.82) is 0 Å². The summed E-state index contributed by atoms with van der Waals surface area (Å²) in [7, 11) is -7.33. The molecule has 8 nitrogen and oxygen atoms in total. The first-order valence-corrected chi connectivity index (χ1v) is 13.9. The van der Waals surface area contributed by atoms with Gasteiger partial charge in [-0.1, -0.05) is 18.5 Å². The molecule has 32 heavy (non-hydrogen) atoms. The number of nitrogens with one attached hydrogen (secondary N) is 1. The minimum atomic E-state index is -3.77. The van der Waals surface area contributed by atoms with E-state index in [2.05, 4.69) is 5.32 Å². The second-order valence-corrected chi connectivity index (χ2v) is 11.8. The number of benzene rings is 2. The first-order valence-electron chi connectivity index (χ1n) is 10.2. The smallest absolute Gasteiger partial charge is 0.248 e. The van der Waals surface area contributed by atoms with Crippen LogP contribution in [0.15, 0.2) is 53.4 Å². The van der Waals surface area contributed by atoms with Gasteiger partial charge in [0.2, 0.25) is 26.0 Å². The molecule has 3 rings (SSSR count). The summed E-state index contributed by atoms with van der Waals surface area (Å²) in [5, 5.41) is 3.14. The Morgan fingerprint density at radius 3 is 2.09 bits per heavy atom. The molecule has 1 atom stereocenters. The molecule has 2 aromatic carbocycles. The van der Waals surface area contributed by atoms with E-state index in [0.717, 1.165) is 23.4 Å². The summed E-state index contributed by atoms with van der Waals surface area (Å²) in [6.45, 7) is 2.72. The predicted octanol–water partition coefficient (Wildman–Crippen LogP) is 3.31. The molecule has 0 aromatic heterocycles. The van der Waals surface area contributed by atoms with E-state index in [-0.39, 0.29) is 11.3 Å². The van der Waals surface area contributed by atoms with E-state index < -0.39 is 32.0 Å². The van der Waals surface area contributed by atoms with Crippen LogP contribution in [0.1, 0.15) is 26.2 Å². The third-order valence-corrected chi connectivity index (χ3v) is 8.58. The van der Waals surface area contributed by atoms with Crippen LogP contribution in [0.25, 0.3) is 0 Å². The lowest BCUT2D eigenvalue weighted by molar-refractivity contribution is -0.117. The molecule has 1 heterocycles. The summed E-state index contributed by atoms with van der Waals surface area (Å²) in [4.78, 5) is 13.1. The van der Waals surface area contributed by atoms with Crippen molar-refractivity contribution < 1.29 is 21.6 Å². The number of carbonyl (C=O) groups is 1. The van der Waals surface area contributed by atoms with E-state index in [9.17, 15) is 21.6 Å². The average molecular weight is 500 g/mol. The lowest BCUT2D eigenvalue weighted by Gasteiger charge is -2.30. The van der Waals surface area contributed by atoms with Crippen molar-refractivity contribution in [2.75, 3.05) is 29.0 Å². The molecular weight excluding hydrogens is 474 g/mol. The SMILES string of the molecule is CCC(C(=O)Nc1ccc(S(=O)(=O)N2CCCC2)cc1)N(c1ccc(Cl)cc1)S(C)(=O)=O. The zero-order chi connectivity index (χ0) is 23.5. The Balaban J connectivity index is 1.81. The number of halogens is 1. The zero-order valence-corrected chi connectivity index (χ0v) is 20.3. The van der Waals surface area contributed by atoms with E-state index in [4.69, 9.17) is 11.6 Å². The van der Waals surface area contributed by atoms with Crippen molar-refractivity contribution in [3.8, 4) is 0 Å². The highest BCUT2D eigenvalue weighted by atomic mass is 35.5. The maximum absolute atomic E-state index is 13.0. The number of rotatable bonds is 8. The molecule has 0 radical (unpaired) electrons. The monoisotopic (exact) mass is 499 g/mol. The fraction of sp³-hybridized carbons (Fsp3) is 0.381. The highest BCUT2D eigenvalue weighted by Crippen LogP contribution is 2.26. The summed E-state index contributed by atoms with van der Waals surface area (Å²) >= 11 is 5.91. The minimum Gasteiger partial charge on any atom is -0.324 e. The third-order valence-electron chi connectivity index (χ3n) is 5.24. The normalized spacial score (nSPS) is 16.0. The van der Waals surface area contributed by atoms with Gasteiger partial charge >= 0.3 is 0 Å². The summed E-state index contributed by atoms with van der Waals surface area (Å²) in [5.74, 6) is -0.525. The van der Waals surface area contributed by atoms with Crippen LogP contribution in [0.4, 0.5) is 11.4 Å². The number of amides is 1. The van der Waals surface area contributed by atoms with E-state index in [1.54, 1.807) is 19.1 Å². The third kappa shape index (κ3) is 5.43. The van der Waals surface area contributed by atoms with Crippen molar-refractivity contribution in [1.82, 2.24) is 4.31 Å². The van der Waals surface area contributed by atoms with Crippen LogP contribution in [-0.2, 0) is 24.8 Å². The van der Waals surface area contributed by atoms with Gasteiger partial charge in [0.1, 0.15) is 6.04 Å². The van der Waals surface area contributed by atoms with Gasteiger partial charge in [-0.3, -0.25) is 9.10 Å². The van der Waals surface area contributed by atoms with Crippen molar-refractivity contribution >= 4 is 48.9 Å². The Labute approximate surface area is 194 Å². The van der Waals surface area contributed by atoms with Crippen molar-refractivity contribution in [2.45, 2.75) is 37.1 Å². The summed E-state index contributed by atoms with van der Waals surface area (Å²) in [5.41, 5.74) is 0.698. The fourth-order valence-electron chi connectivity index (χ4n) is 3.66. The maximum atomic E-state index is 13.0. The summed E-state index contributed by atoms with van der Waals surface area (Å²) < 4.78 is 52.8. The number of hydrogen-bond donors (Lipinski definition) is 1. The number of carbonyl (C=O) groups excluding carboxylic acids is 1. The lowest BCUT2D eigenvalue weighted by atomic mass is 10.2. The lowest BCUT2D eigenvalue weighted by Crippen LogP contribution is -2.47. The molecule has 0 spiro atoms. The summed E-state index contributed by atoms with van der Waals surface area (Å²) in [6.07, 6.45) is 2.95. The second kappa shape index (κ2) is 9.78. The van der Waals surface area contributed by atoms with Crippen LogP contribution in [-0.4, -0.2) is 52.4 Å². The predicted molar refractivity (Wildman–Crippen MR) is 126 cm³/mol. The Kier molecular flexibility index (Phi) is 7.49. The Morgan fingerprint density at radius 2 is 1.59 bits per heavy atom. The molecule has 0 bridgehead atoms. The molecule has 1 fully saturated rings. The minimum absolute atomic E-state index is 0.156. The molecule has 0 saturated carbocycles. The van der Waals surface area contributed by atoms with Gasteiger partial charge in [0, 0.05) is 23.8 Å². The average Bonchev–Trinajstić information content (AvgIpc) is 3.28. The summed E-state index contributed by atoms with van der Waals surface area (Å²) in [6, 6.07) is 11.1. The molecule has 174 valence electrons. The zero-order valence-electron chi connectivity index (χ0n) is 17.9. The number of nitrogens with zero attached hydrogens (tertiary/aromatic N) is 2. The first-order chi connectivity index (χ1) is 15.0. The van der Waals surface area contributed by atoms with Gasteiger partial charge in [-0.2, -0.15) is 4.31 Å². The van der Waals surface area contributed by atoms with E-state index >= 15 is 0 Å². The van der Waals surface area contributed by atoms with Gasteiger partial charge in [-0.15, -0.1) is 0 Å². The standard InChI is InChI=1S/C21H26ClN3O5S2/c1-3-20(25(31(2,27)28)18-10-6-16(22)7-11-18)21(26)23-17-8-12-19(13-9-17)32(29,30)24-14-4-5-15-24/h6-13,20H,3-5,14-15H2,1-2H3,(H,23,26). The van der Waals surface area contributed by atoms with Gasteiger partial charge < -0.3 is 5.32 Å². The molecule has 11 heteroatoms. The van der Waals surface area contributed by atoms with E-state index in [1.807, 2.05) is 0 Å². The van der Waals surface area contributed by atoms with Crippen molar-refractivity contribution in [3.63, 3.8) is 0 Å². The largest absolute Gasteiger partial charge is 0.324 e. The molecule has 2 aromatic rings. The van der Waals surface area contributed by atoms with Crippen LogP contribution in [0.3, 0.4) is 0 Å². The molecule has 1 aliphatic rings. The van der Waals surface area contributed by atoms with Gasteiger partial charge in [-0.05, 0) is 67.8 Å². The van der Waals surface area contributed by atoms with Crippen LogP contribution >= 0.6 is 11.6 Å². The van der Waals surface area contributed by atoms with Gasteiger partial charge in [0.15, 0.2) is 0 Å². The fourth-order valence-corrected chi connectivity index (χ4v) is 6.52. The van der Waals surface area contributed by atoms with Gasteiger partial charge in [0.05, 0.1) is 16.8 Å². The highest BCUT2D eigenvalue weighted by Gasteiger charge is 2.32. The number of anilines is 2. The topological polar surface area (TPSA) is 104 Å². The quantitative estimate of drug-likeness (QED) is 0.600. The second-order valence-electron chi connectivity index (χ2n) is 7.58. The van der Waals surface area contributed by atoms with E-state index in [0.29, 0.717) is 29.5 Å². The van der Waals surface area contributed by atoms with Crippen LogP contribution in [0, 0.1) is 0 Å². The molecule has 0 aliphatic carbocycles. The Morgan fingerprint density at radius 1 is 1.03 bits per heavy atom. The first kappa shape index (κ1) is 24.5. The molecular formula is C21H26ClN3O5S2. The van der Waals surface area contributed by atoms with E-state index in [1.165, 1.54) is 40.7 Å². The Bertz CT molecular complexity index is 1160. The Hall–Kier alpha value is -2.14. The molecule has 1 unspecified atom stereocenters. The van der Waals surface area contributed by atoms with Gasteiger partial charge in [0.25, 0.3) is 0 Å². The van der Waals surface area contributed by atoms with Crippen LogP contribution < -0.4 is 9.62 Å². The van der Waals surface area contributed by atoms with Gasteiger partial charge in [-0.25, -0.2) is 16.8 Å². The molecule has 1 saturated heterocycles. The molecule has 1 amide bonds. The molecule has 1 aliphatic heterocycles. The van der Waals surface area contributed by atoms with Crippen LogP contribution in [0.2, 0.25) is 5.02 Å². The maximum Gasteiger partial charge on any atom is 0.248 e. The number of hydrogen-bond acceptors (Lipinski definition) is 5. The molecule has 1 N–H and O–H groups in total. The van der Waals surface area contributed by atoms with Crippen LogP contribution in [0.5, 0.6) is 0 Å². The van der Waals surface area contributed by atoms with Crippen molar-refractivity contribution in [3.05, 3.63) is 53.6 Å².